The van der Waals surface area contributed by atoms with Gasteiger partial charge < -0.3 is 4.74 Å². The summed E-state index contributed by atoms with van der Waals surface area (Å²) >= 11 is 6.10. The predicted molar refractivity (Wildman–Crippen MR) is 64.1 cm³/mol. The van der Waals surface area contributed by atoms with Gasteiger partial charge in [0.1, 0.15) is 0 Å². The molecule has 0 aromatic heterocycles. The molecule has 0 heterocycles. The minimum atomic E-state index is 0.371. The summed E-state index contributed by atoms with van der Waals surface area (Å²) in [6.07, 6.45) is 7.38. The van der Waals surface area contributed by atoms with Crippen molar-refractivity contribution in [2.24, 2.45) is 5.41 Å². The molecule has 1 unspecified atom stereocenters. The Kier molecular flexibility index (Phi) is 8.70. The van der Waals surface area contributed by atoms with Crippen LogP contribution < -0.4 is 0 Å². The molecular weight excluding hydrogens is 196 g/mol. The van der Waals surface area contributed by atoms with E-state index in [1.165, 1.54) is 32.1 Å². The Labute approximate surface area is 94.2 Å². The van der Waals surface area contributed by atoms with Crippen molar-refractivity contribution in [1.82, 2.24) is 0 Å². The van der Waals surface area contributed by atoms with Gasteiger partial charge >= 0.3 is 0 Å². The van der Waals surface area contributed by atoms with Crippen molar-refractivity contribution in [3.8, 4) is 0 Å². The van der Waals surface area contributed by atoms with E-state index in [0.717, 1.165) is 18.9 Å². The maximum Gasteiger partial charge on any atom is 0.0462 e. The zero-order chi connectivity index (χ0) is 10.9. The molecule has 0 rings (SSSR count). The van der Waals surface area contributed by atoms with Crippen LogP contribution in [0, 0.1) is 5.41 Å². The fraction of sp³-hybridized carbons (Fsp3) is 1.00. The average Bonchev–Trinajstić information content (AvgIpc) is 2.24. The van der Waals surface area contributed by atoms with Crippen molar-refractivity contribution in [3.63, 3.8) is 0 Å². The van der Waals surface area contributed by atoms with Crippen LogP contribution in [0.4, 0.5) is 0 Å². The lowest BCUT2D eigenvalue weighted by molar-refractivity contribution is 0.164. The molecule has 0 radical (unpaired) electrons. The van der Waals surface area contributed by atoms with E-state index in [2.05, 4.69) is 13.8 Å². The van der Waals surface area contributed by atoms with Crippen molar-refractivity contribution >= 4 is 11.6 Å². The highest BCUT2D eigenvalue weighted by molar-refractivity contribution is 6.18. The molecule has 0 bridgehead atoms. The van der Waals surface area contributed by atoms with E-state index in [1.54, 1.807) is 7.11 Å². The minimum absolute atomic E-state index is 0.371. The molecule has 0 aliphatic rings. The maximum absolute atomic E-state index is 6.10. The number of methoxy groups -OCH3 is 1. The summed E-state index contributed by atoms with van der Waals surface area (Å²) in [4.78, 5) is 0. The molecule has 2 heteroatoms. The van der Waals surface area contributed by atoms with Crippen LogP contribution in [-0.4, -0.2) is 19.6 Å². The Hall–Kier alpha value is 0.250. The summed E-state index contributed by atoms with van der Waals surface area (Å²) in [5, 5.41) is 0. The van der Waals surface area contributed by atoms with Gasteiger partial charge in [-0.05, 0) is 31.1 Å². The van der Waals surface area contributed by atoms with Crippen molar-refractivity contribution in [1.29, 1.82) is 0 Å². The fourth-order valence-electron chi connectivity index (χ4n) is 1.85. The van der Waals surface area contributed by atoms with Crippen LogP contribution in [0.1, 0.15) is 52.4 Å². The van der Waals surface area contributed by atoms with Crippen LogP contribution in [-0.2, 0) is 4.74 Å². The van der Waals surface area contributed by atoms with Gasteiger partial charge in [-0.1, -0.05) is 26.7 Å². The smallest absolute Gasteiger partial charge is 0.0462 e. The number of hydrogen-bond donors (Lipinski definition) is 0. The molecule has 86 valence electrons. The van der Waals surface area contributed by atoms with Gasteiger partial charge in [-0.3, -0.25) is 0 Å². The van der Waals surface area contributed by atoms with Crippen molar-refractivity contribution in [3.05, 3.63) is 0 Å². The third-order valence-corrected chi connectivity index (χ3v) is 3.72. The standard InChI is InChI=1S/C12H25ClO/c1-4-6-8-12(5-2,11-13)9-7-10-14-3/h4-11H2,1-3H3. The molecular formula is C12H25ClO. The van der Waals surface area contributed by atoms with E-state index in [-0.39, 0.29) is 0 Å². The summed E-state index contributed by atoms with van der Waals surface area (Å²) < 4.78 is 5.09. The van der Waals surface area contributed by atoms with Crippen LogP contribution in [0.15, 0.2) is 0 Å². The van der Waals surface area contributed by atoms with Crippen LogP contribution in [0.5, 0.6) is 0 Å². The van der Waals surface area contributed by atoms with Gasteiger partial charge in [-0.25, -0.2) is 0 Å². The van der Waals surface area contributed by atoms with Crippen molar-refractivity contribution < 1.29 is 4.74 Å². The van der Waals surface area contributed by atoms with E-state index in [1.807, 2.05) is 0 Å². The molecule has 0 aliphatic carbocycles. The third kappa shape index (κ3) is 5.21. The van der Waals surface area contributed by atoms with Gasteiger partial charge in [0, 0.05) is 19.6 Å². The average molecular weight is 221 g/mol. The van der Waals surface area contributed by atoms with Crippen molar-refractivity contribution in [2.45, 2.75) is 52.4 Å². The summed E-state index contributed by atoms with van der Waals surface area (Å²) in [5.74, 6) is 0.799. The molecule has 0 saturated carbocycles. The Balaban J connectivity index is 3.94. The first-order valence-electron chi connectivity index (χ1n) is 5.79. The molecule has 0 spiro atoms. The van der Waals surface area contributed by atoms with E-state index in [9.17, 15) is 0 Å². The third-order valence-electron chi connectivity index (χ3n) is 3.15. The predicted octanol–water partition coefficient (Wildman–Crippen LogP) is 4.24. The number of rotatable bonds is 9. The summed E-state index contributed by atoms with van der Waals surface area (Å²) in [6, 6.07) is 0. The largest absolute Gasteiger partial charge is 0.385 e. The van der Waals surface area contributed by atoms with Gasteiger partial charge in [0.2, 0.25) is 0 Å². The molecule has 0 saturated heterocycles. The highest BCUT2D eigenvalue weighted by Crippen LogP contribution is 2.35. The quantitative estimate of drug-likeness (QED) is 0.417. The summed E-state index contributed by atoms with van der Waals surface area (Å²) in [6.45, 7) is 5.36. The first kappa shape index (κ1) is 14.2. The second kappa shape index (κ2) is 8.55. The SMILES string of the molecule is CCCCC(CC)(CCl)CCCOC. The summed E-state index contributed by atoms with van der Waals surface area (Å²) in [5.41, 5.74) is 0.371. The Morgan fingerprint density at radius 2 is 1.79 bits per heavy atom. The van der Waals surface area contributed by atoms with Crippen LogP contribution in [0.2, 0.25) is 0 Å². The van der Waals surface area contributed by atoms with Crippen LogP contribution in [0.3, 0.4) is 0 Å². The molecule has 0 aromatic carbocycles. The molecule has 0 aliphatic heterocycles. The molecule has 0 amide bonds. The molecule has 0 aromatic rings. The Morgan fingerprint density at radius 1 is 1.14 bits per heavy atom. The number of ether oxygens (including phenoxy) is 1. The molecule has 14 heavy (non-hydrogen) atoms. The first-order chi connectivity index (χ1) is 6.74. The summed E-state index contributed by atoms with van der Waals surface area (Å²) in [7, 11) is 1.76. The lowest BCUT2D eigenvalue weighted by Crippen LogP contribution is -2.22. The van der Waals surface area contributed by atoms with E-state index in [4.69, 9.17) is 16.3 Å². The van der Waals surface area contributed by atoms with Gasteiger partial charge in [0.25, 0.3) is 0 Å². The van der Waals surface area contributed by atoms with E-state index in [0.29, 0.717) is 5.41 Å². The van der Waals surface area contributed by atoms with Crippen LogP contribution in [0.25, 0.3) is 0 Å². The zero-order valence-electron chi connectivity index (χ0n) is 9.94. The van der Waals surface area contributed by atoms with E-state index >= 15 is 0 Å². The highest BCUT2D eigenvalue weighted by Gasteiger charge is 2.25. The Bertz CT molecular complexity index is 121. The molecule has 0 N–H and O–H groups in total. The molecule has 1 nitrogen and oxygen atoms in total. The van der Waals surface area contributed by atoms with Gasteiger partial charge in [0.15, 0.2) is 0 Å². The number of halogens is 1. The Morgan fingerprint density at radius 3 is 2.21 bits per heavy atom. The van der Waals surface area contributed by atoms with Gasteiger partial charge in [-0.15, -0.1) is 11.6 Å². The number of alkyl halides is 1. The van der Waals surface area contributed by atoms with Gasteiger partial charge in [-0.2, -0.15) is 0 Å². The second-order valence-electron chi connectivity index (χ2n) is 4.19. The van der Waals surface area contributed by atoms with Crippen LogP contribution >= 0.6 is 11.6 Å². The van der Waals surface area contributed by atoms with Crippen molar-refractivity contribution in [2.75, 3.05) is 19.6 Å². The highest BCUT2D eigenvalue weighted by atomic mass is 35.5. The topological polar surface area (TPSA) is 9.23 Å². The monoisotopic (exact) mass is 220 g/mol. The molecule has 0 fully saturated rings. The lowest BCUT2D eigenvalue weighted by Gasteiger charge is -2.30. The molecule has 1 atom stereocenters. The number of hydrogen-bond acceptors (Lipinski definition) is 1. The number of unbranched alkanes of at least 4 members (excludes halogenated alkanes) is 1. The zero-order valence-corrected chi connectivity index (χ0v) is 10.7. The fourth-order valence-corrected chi connectivity index (χ4v) is 2.31. The van der Waals surface area contributed by atoms with Gasteiger partial charge in [0.05, 0.1) is 0 Å². The van der Waals surface area contributed by atoms with E-state index < -0.39 is 0 Å². The normalized spacial score (nSPS) is 15.4. The first-order valence-corrected chi connectivity index (χ1v) is 6.33. The lowest BCUT2D eigenvalue weighted by atomic mass is 9.78. The maximum atomic E-state index is 6.10. The second-order valence-corrected chi connectivity index (χ2v) is 4.45. The minimum Gasteiger partial charge on any atom is -0.385 e.